The Hall–Kier alpha value is -0.970. The van der Waals surface area contributed by atoms with Crippen LogP contribution in [0.5, 0.6) is 0 Å². The van der Waals surface area contributed by atoms with Gasteiger partial charge in [0.05, 0.1) is 18.8 Å². The van der Waals surface area contributed by atoms with Crippen LogP contribution in [0.2, 0.25) is 0 Å². The van der Waals surface area contributed by atoms with Crippen LogP contribution in [0.25, 0.3) is 0 Å². The second-order valence-corrected chi connectivity index (χ2v) is 5.15. The lowest BCUT2D eigenvalue weighted by Gasteiger charge is -2.36. The molecule has 19 heavy (non-hydrogen) atoms. The van der Waals surface area contributed by atoms with E-state index < -0.39 is 0 Å². The Bertz CT molecular complexity index is 382. The summed E-state index contributed by atoms with van der Waals surface area (Å²) in [5.74, 6) is -0.195. The van der Waals surface area contributed by atoms with Crippen LogP contribution in [0.3, 0.4) is 0 Å². The zero-order chi connectivity index (χ0) is 13.7. The van der Waals surface area contributed by atoms with Crippen molar-refractivity contribution in [1.29, 1.82) is 0 Å². The SMILES string of the molecule is CCCNC(c1ccc(F)cc1)C1CN(C)CCO1. The first-order valence-electron chi connectivity index (χ1n) is 6.99. The van der Waals surface area contributed by atoms with E-state index in [0.29, 0.717) is 0 Å². The molecule has 0 saturated carbocycles. The molecule has 0 bridgehead atoms. The molecule has 2 atom stereocenters. The molecule has 1 N–H and O–H groups in total. The number of hydrogen-bond donors (Lipinski definition) is 1. The van der Waals surface area contributed by atoms with Gasteiger partial charge in [0.15, 0.2) is 0 Å². The van der Waals surface area contributed by atoms with Crippen LogP contribution in [0, 0.1) is 5.82 Å². The fourth-order valence-corrected chi connectivity index (χ4v) is 2.45. The lowest BCUT2D eigenvalue weighted by molar-refractivity contribution is -0.0392. The van der Waals surface area contributed by atoms with Crippen LogP contribution in [0.4, 0.5) is 4.39 Å². The van der Waals surface area contributed by atoms with Crippen LogP contribution in [0.1, 0.15) is 24.9 Å². The predicted octanol–water partition coefficient (Wildman–Crippen LogP) is 2.20. The Kier molecular flexibility index (Phi) is 5.31. The van der Waals surface area contributed by atoms with Crippen LogP contribution in [-0.4, -0.2) is 44.3 Å². The van der Waals surface area contributed by atoms with Crippen molar-refractivity contribution in [1.82, 2.24) is 10.2 Å². The molecule has 4 heteroatoms. The first kappa shape index (κ1) is 14.4. The summed E-state index contributed by atoms with van der Waals surface area (Å²) in [5.41, 5.74) is 1.09. The summed E-state index contributed by atoms with van der Waals surface area (Å²) in [5, 5.41) is 3.52. The number of nitrogens with one attached hydrogen (secondary N) is 1. The van der Waals surface area contributed by atoms with Crippen molar-refractivity contribution < 1.29 is 9.13 Å². The zero-order valence-corrected chi connectivity index (χ0v) is 11.7. The van der Waals surface area contributed by atoms with Crippen LogP contribution < -0.4 is 5.32 Å². The quantitative estimate of drug-likeness (QED) is 0.884. The van der Waals surface area contributed by atoms with E-state index in [1.807, 2.05) is 12.1 Å². The number of hydrogen-bond acceptors (Lipinski definition) is 3. The average Bonchev–Trinajstić information content (AvgIpc) is 2.41. The highest BCUT2D eigenvalue weighted by atomic mass is 19.1. The van der Waals surface area contributed by atoms with E-state index in [0.717, 1.165) is 38.2 Å². The van der Waals surface area contributed by atoms with Crippen molar-refractivity contribution in [2.45, 2.75) is 25.5 Å². The molecule has 0 radical (unpaired) electrons. The second kappa shape index (κ2) is 6.98. The van der Waals surface area contributed by atoms with E-state index in [1.54, 1.807) is 0 Å². The Balaban J connectivity index is 2.12. The molecule has 106 valence electrons. The van der Waals surface area contributed by atoms with E-state index in [1.165, 1.54) is 12.1 Å². The molecule has 1 aromatic rings. The van der Waals surface area contributed by atoms with E-state index in [2.05, 4.69) is 24.2 Å². The van der Waals surface area contributed by atoms with E-state index >= 15 is 0 Å². The monoisotopic (exact) mass is 266 g/mol. The largest absolute Gasteiger partial charge is 0.374 e. The molecule has 1 aromatic carbocycles. The Labute approximate surface area is 114 Å². The zero-order valence-electron chi connectivity index (χ0n) is 11.7. The lowest BCUT2D eigenvalue weighted by atomic mass is 9.99. The van der Waals surface area contributed by atoms with Gasteiger partial charge in [-0.1, -0.05) is 19.1 Å². The summed E-state index contributed by atoms with van der Waals surface area (Å²) in [6.45, 7) is 5.71. The normalized spacial score (nSPS) is 22.4. The highest BCUT2D eigenvalue weighted by Crippen LogP contribution is 2.22. The molecular weight excluding hydrogens is 243 g/mol. The van der Waals surface area contributed by atoms with E-state index in [9.17, 15) is 4.39 Å². The first-order valence-corrected chi connectivity index (χ1v) is 6.99. The molecule has 1 aliphatic rings. The van der Waals surface area contributed by atoms with Gasteiger partial charge in [0.2, 0.25) is 0 Å². The number of ether oxygens (including phenoxy) is 1. The highest BCUT2D eigenvalue weighted by molar-refractivity contribution is 5.21. The number of rotatable bonds is 5. The maximum Gasteiger partial charge on any atom is 0.123 e. The molecule has 0 aliphatic carbocycles. The fraction of sp³-hybridized carbons (Fsp3) is 0.600. The van der Waals surface area contributed by atoms with E-state index in [-0.39, 0.29) is 18.0 Å². The van der Waals surface area contributed by atoms with Crippen LogP contribution >= 0.6 is 0 Å². The van der Waals surface area contributed by atoms with Gasteiger partial charge in [-0.2, -0.15) is 0 Å². The Morgan fingerprint density at radius 1 is 1.42 bits per heavy atom. The summed E-state index contributed by atoms with van der Waals surface area (Å²) in [7, 11) is 2.11. The fourth-order valence-electron chi connectivity index (χ4n) is 2.45. The summed E-state index contributed by atoms with van der Waals surface area (Å²) in [4.78, 5) is 2.28. The van der Waals surface area contributed by atoms with Gasteiger partial charge >= 0.3 is 0 Å². The minimum absolute atomic E-state index is 0.121. The summed E-state index contributed by atoms with van der Waals surface area (Å²) < 4.78 is 18.9. The smallest absolute Gasteiger partial charge is 0.123 e. The van der Waals surface area contributed by atoms with Crippen LogP contribution in [-0.2, 0) is 4.74 Å². The molecule has 0 spiro atoms. The number of likely N-dealkylation sites (N-methyl/N-ethyl adjacent to an activating group) is 1. The third-order valence-corrected chi connectivity index (χ3v) is 3.51. The molecule has 0 aromatic heterocycles. The van der Waals surface area contributed by atoms with Gasteiger partial charge in [-0.3, -0.25) is 0 Å². The molecule has 1 heterocycles. The molecule has 2 rings (SSSR count). The van der Waals surface area contributed by atoms with Gasteiger partial charge in [-0.15, -0.1) is 0 Å². The van der Waals surface area contributed by atoms with E-state index in [4.69, 9.17) is 4.74 Å². The number of morpholine rings is 1. The second-order valence-electron chi connectivity index (χ2n) is 5.15. The standard InChI is InChI=1S/C15H23FN2O/c1-3-8-17-15(12-4-6-13(16)7-5-12)14-11-18(2)9-10-19-14/h4-7,14-15,17H,3,8-11H2,1-2H3. The van der Waals surface area contributed by atoms with Gasteiger partial charge in [0.25, 0.3) is 0 Å². The van der Waals surface area contributed by atoms with Crippen molar-refractivity contribution in [2.24, 2.45) is 0 Å². The molecule has 3 nitrogen and oxygen atoms in total. The van der Waals surface area contributed by atoms with Crippen molar-refractivity contribution >= 4 is 0 Å². The minimum Gasteiger partial charge on any atom is -0.374 e. The minimum atomic E-state index is -0.195. The third-order valence-electron chi connectivity index (χ3n) is 3.51. The topological polar surface area (TPSA) is 24.5 Å². The summed E-state index contributed by atoms with van der Waals surface area (Å²) in [6.07, 6.45) is 1.19. The van der Waals surface area contributed by atoms with Gasteiger partial charge in [0.1, 0.15) is 5.82 Å². The van der Waals surface area contributed by atoms with Gasteiger partial charge in [-0.05, 0) is 37.7 Å². The van der Waals surface area contributed by atoms with Crippen molar-refractivity contribution in [3.05, 3.63) is 35.6 Å². The third kappa shape index (κ3) is 4.00. The predicted molar refractivity (Wildman–Crippen MR) is 74.7 cm³/mol. The van der Waals surface area contributed by atoms with Crippen molar-refractivity contribution in [3.8, 4) is 0 Å². The molecule has 1 saturated heterocycles. The first-order chi connectivity index (χ1) is 9.20. The molecule has 1 aliphatic heterocycles. The number of nitrogens with zero attached hydrogens (tertiary/aromatic N) is 1. The maximum atomic E-state index is 13.0. The maximum absolute atomic E-state index is 13.0. The van der Waals surface area contributed by atoms with Crippen LogP contribution in [0.15, 0.2) is 24.3 Å². The molecular formula is C15H23FN2O. The van der Waals surface area contributed by atoms with Crippen molar-refractivity contribution in [3.63, 3.8) is 0 Å². The van der Waals surface area contributed by atoms with Gasteiger partial charge in [0, 0.05) is 13.1 Å². The number of benzene rings is 1. The molecule has 1 fully saturated rings. The Morgan fingerprint density at radius 2 is 2.16 bits per heavy atom. The Morgan fingerprint density at radius 3 is 2.79 bits per heavy atom. The molecule has 2 unspecified atom stereocenters. The van der Waals surface area contributed by atoms with Gasteiger partial charge < -0.3 is 15.0 Å². The number of halogens is 1. The van der Waals surface area contributed by atoms with Gasteiger partial charge in [-0.25, -0.2) is 4.39 Å². The lowest BCUT2D eigenvalue weighted by Crippen LogP contribution is -2.46. The highest BCUT2D eigenvalue weighted by Gasteiger charge is 2.27. The summed E-state index contributed by atoms with van der Waals surface area (Å²) >= 11 is 0. The summed E-state index contributed by atoms with van der Waals surface area (Å²) in [6, 6.07) is 6.86. The average molecular weight is 266 g/mol. The molecule has 0 amide bonds. The van der Waals surface area contributed by atoms with Crippen molar-refractivity contribution in [2.75, 3.05) is 33.3 Å².